The van der Waals surface area contributed by atoms with E-state index >= 15 is 4.39 Å². The van der Waals surface area contributed by atoms with Crippen molar-refractivity contribution in [3.63, 3.8) is 0 Å². The predicted octanol–water partition coefficient (Wildman–Crippen LogP) is 4.79. The summed E-state index contributed by atoms with van der Waals surface area (Å²) in [5, 5.41) is 3.67. The minimum Gasteiger partial charge on any atom is -0.335 e. The SMILES string of the molecule is Cc1ccc(S(=O)(=O)n2cc(-c3ncc(F)c(C[C@@H]4CCC[C@H](NC(=O)N5CCCC5)C4)n3)c3c(C)ncnc32)cc1. The Morgan fingerprint density at radius 2 is 1.81 bits per heavy atom. The molecule has 2 atom stereocenters. The number of urea groups is 1. The number of nitrogens with zero attached hydrogens (tertiary/aromatic N) is 6. The Hall–Kier alpha value is -3.93. The molecule has 2 aliphatic rings. The minimum absolute atomic E-state index is 0.0109. The molecule has 42 heavy (non-hydrogen) atoms. The fourth-order valence-electron chi connectivity index (χ4n) is 6.11. The van der Waals surface area contributed by atoms with Crippen LogP contribution in [0.2, 0.25) is 0 Å². The summed E-state index contributed by atoms with van der Waals surface area (Å²) in [6.07, 6.45) is 9.89. The van der Waals surface area contributed by atoms with Gasteiger partial charge in [-0.3, -0.25) is 0 Å². The Bertz CT molecular complexity index is 1730. The van der Waals surface area contributed by atoms with Crippen LogP contribution in [0, 0.1) is 25.6 Å². The number of carbonyl (C=O) groups excluding carboxylic acids is 1. The first-order valence-corrected chi connectivity index (χ1v) is 15.9. The standard InChI is InChI=1S/C30H34FN7O3S/c1-19-8-10-23(11-9-19)42(40,41)38-17-24(27-20(2)33-18-34-29(27)38)28-32-16-25(31)26(36-28)15-21-6-5-7-22(14-21)35-30(39)37-12-3-4-13-37/h8-11,16-18,21-22H,3-7,12-15H2,1-2H3,(H,35,39)/t21-,22+/m1/s1. The van der Waals surface area contributed by atoms with E-state index in [0.717, 1.165) is 67.3 Å². The lowest BCUT2D eigenvalue weighted by Crippen LogP contribution is -2.45. The Kier molecular flexibility index (Phi) is 7.65. The highest BCUT2D eigenvalue weighted by Crippen LogP contribution is 2.33. The van der Waals surface area contributed by atoms with Crippen LogP contribution in [0.1, 0.15) is 55.5 Å². The number of carbonyl (C=O) groups is 1. The molecule has 3 aromatic heterocycles. The van der Waals surface area contributed by atoms with Crippen molar-refractivity contribution in [1.82, 2.24) is 34.1 Å². The van der Waals surface area contributed by atoms with E-state index in [1.165, 1.54) is 12.5 Å². The number of rotatable bonds is 6. The van der Waals surface area contributed by atoms with Gasteiger partial charge < -0.3 is 10.2 Å². The summed E-state index contributed by atoms with van der Waals surface area (Å²) in [7, 11) is -3.99. The fourth-order valence-corrected chi connectivity index (χ4v) is 7.42. The molecule has 4 aromatic rings. The van der Waals surface area contributed by atoms with Gasteiger partial charge in [0.15, 0.2) is 17.3 Å². The van der Waals surface area contributed by atoms with E-state index in [9.17, 15) is 13.2 Å². The van der Waals surface area contributed by atoms with Crippen LogP contribution >= 0.6 is 0 Å². The summed E-state index contributed by atoms with van der Waals surface area (Å²) >= 11 is 0. The van der Waals surface area contributed by atoms with Gasteiger partial charge in [-0.15, -0.1) is 0 Å². The molecule has 0 bridgehead atoms. The van der Waals surface area contributed by atoms with Crippen molar-refractivity contribution in [2.45, 2.75) is 69.7 Å². The summed E-state index contributed by atoms with van der Waals surface area (Å²) in [4.78, 5) is 32.1. The third-order valence-electron chi connectivity index (χ3n) is 8.36. The number of fused-ring (bicyclic) bond motifs is 1. The number of aryl methyl sites for hydroxylation is 2. The van der Waals surface area contributed by atoms with E-state index in [2.05, 4.69) is 25.3 Å². The molecule has 1 N–H and O–H groups in total. The van der Waals surface area contributed by atoms with E-state index < -0.39 is 15.8 Å². The van der Waals surface area contributed by atoms with Crippen LogP contribution in [0.4, 0.5) is 9.18 Å². The molecule has 2 amide bonds. The Morgan fingerprint density at radius 1 is 1.05 bits per heavy atom. The lowest BCUT2D eigenvalue weighted by Gasteiger charge is -2.31. The van der Waals surface area contributed by atoms with Gasteiger partial charge in [-0.05, 0) is 70.4 Å². The van der Waals surface area contributed by atoms with Gasteiger partial charge in [0.2, 0.25) is 0 Å². The second-order valence-electron chi connectivity index (χ2n) is 11.4. The maximum Gasteiger partial charge on any atom is 0.317 e. The van der Waals surface area contributed by atoms with Crippen molar-refractivity contribution in [3.05, 3.63) is 65.8 Å². The Morgan fingerprint density at radius 3 is 2.57 bits per heavy atom. The molecule has 4 heterocycles. The van der Waals surface area contributed by atoms with Crippen LogP contribution in [0.25, 0.3) is 22.4 Å². The lowest BCUT2D eigenvalue weighted by molar-refractivity contribution is 0.195. The van der Waals surface area contributed by atoms with E-state index in [0.29, 0.717) is 23.1 Å². The monoisotopic (exact) mass is 591 g/mol. The van der Waals surface area contributed by atoms with E-state index in [4.69, 9.17) is 0 Å². The van der Waals surface area contributed by atoms with Gasteiger partial charge in [0.1, 0.15) is 6.33 Å². The summed E-state index contributed by atoms with van der Waals surface area (Å²) in [5.41, 5.74) is 2.39. The number of halogens is 1. The van der Waals surface area contributed by atoms with Crippen LogP contribution in [0.5, 0.6) is 0 Å². The quantitative estimate of drug-likeness (QED) is 0.342. The normalized spacial score (nSPS) is 19.4. The largest absolute Gasteiger partial charge is 0.335 e. The van der Waals surface area contributed by atoms with Gasteiger partial charge in [-0.2, -0.15) is 0 Å². The molecule has 0 spiro atoms. The second-order valence-corrected chi connectivity index (χ2v) is 13.2. The maximum absolute atomic E-state index is 15.1. The highest BCUT2D eigenvalue weighted by Gasteiger charge is 2.29. The molecule has 1 saturated carbocycles. The van der Waals surface area contributed by atoms with Crippen molar-refractivity contribution < 1.29 is 17.6 Å². The van der Waals surface area contributed by atoms with Crippen LogP contribution in [-0.2, 0) is 16.4 Å². The average molecular weight is 592 g/mol. The first-order chi connectivity index (χ1) is 20.2. The minimum atomic E-state index is -3.99. The summed E-state index contributed by atoms with van der Waals surface area (Å²) in [6, 6.07) is 6.63. The molecule has 2 fully saturated rings. The third-order valence-corrected chi connectivity index (χ3v) is 10.0. The number of likely N-dealkylation sites (tertiary alicyclic amines) is 1. The molecule has 10 nitrogen and oxygen atoms in total. The first-order valence-electron chi connectivity index (χ1n) is 14.4. The number of hydrogen-bond donors (Lipinski definition) is 1. The highest BCUT2D eigenvalue weighted by molar-refractivity contribution is 7.90. The van der Waals surface area contributed by atoms with Gasteiger partial charge in [-0.25, -0.2) is 41.5 Å². The summed E-state index contributed by atoms with van der Waals surface area (Å²) in [5.74, 6) is -0.152. The summed E-state index contributed by atoms with van der Waals surface area (Å²) < 4.78 is 43.5. The number of aromatic nitrogens is 5. The van der Waals surface area contributed by atoms with Crippen molar-refractivity contribution in [2.75, 3.05) is 13.1 Å². The zero-order valence-corrected chi connectivity index (χ0v) is 24.6. The zero-order valence-electron chi connectivity index (χ0n) is 23.8. The predicted molar refractivity (Wildman–Crippen MR) is 156 cm³/mol. The molecule has 6 rings (SSSR count). The smallest absolute Gasteiger partial charge is 0.317 e. The Balaban J connectivity index is 1.30. The maximum atomic E-state index is 15.1. The third kappa shape index (κ3) is 5.47. The molecule has 12 heteroatoms. The number of nitrogens with one attached hydrogen (secondary N) is 1. The zero-order chi connectivity index (χ0) is 29.4. The van der Waals surface area contributed by atoms with Crippen molar-refractivity contribution in [3.8, 4) is 11.4 Å². The molecule has 1 aliphatic carbocycles. The van der Waals surface area contributed by atoms with E-state index in [1.54, 1.807) is 31.2 Å². The van der Waals surface area contributed by atoms with Gasteiger partial charge in [0, 0.05) is 30.9 Å². The van der Waals surface area contributed by atoms with Crippen LogP contribution < -0.4 is 5.32 Å². The fraction of sp³-hybridized carbons (Fsp3) is 0.433. The van der Waals surface area contributed by atoms with Gasteiger partial charge in [-0.1, -0.05) is 24.1 Å². The summed E-state index contributed by atoms with van der Waals surface area (Å²) in [6.45, 7) is 5.24. The molecule has 1 aliphatic heterocycles. The van der Waals surface area contributed by atoms with E-state index in [1.807, 2.05) is 11.8 Å². The van der Waals surface area contributed by atoms with Gasteiger partial charge in [0.05, 0.1) is 27.9 Å². The van der Waals surface area contributed by atoms with Crippen LogP contribution in [0.3, 0.4) is 0 Å². The topological polar surface area (TPSA) is 123 Å². The van der Waals surface area contributed by atoms with Crippen LogP contribution in [-0.4, -0.2) is 62.4 Å². The van der Waals surface area contributed by atoms with Crippen molar-refractivity contribution >= 4 is 27.1 Å². The molecule has 1 aromatic carbocycles. The molecule has 1 saturated heterocycles. The lowest BCUT2D eigenvalue weighted by atomic mass is 9.83. The number of amides is 2. The van der Waals surface area contributed by atoms with Crippen LogP contribution in [0.15, 0.2) is 47.9 Å². The van der Waals surface area contributed by atoms with Crippen molar-refractivity contribution in [1.29, 1.82) is 0 Å². The number of hydrogen-bond acceptors (Lipinski definition) is 7. The Labute approximate surface area is 244 Å². The van der Waals surface area contributed by atoms with Crippen molar-refractivity contribution in [2.24, 2.45) is 5.92 Å². The molecular weight excluding hydrogens is 557 g/mol. The van der Waals surface area contributed by atoms with Gasteiger partial charge >= 0.3 is 6.03 Å². The molecule has 0 unspecified atom stereocenters. The first kappa shape index (κ1) is 28.2. The average Bonchev–Trinajstić information content (AvgIpc) is 3.65. The molecule has 220 valence electrons. The highest BCUT2D eigenvalue weighted by atomic mass is 32.2. The second kappa shape index (κ2) is 11.4. The number of benzene rings is 1. The molecule has 0 radical (unpaired) electrons. The van der Waals surface area contributed by atoms with E-state index in [-0.39, 0.29) is 40.1 Å². The van der Waals surface area contributed by atoms with Gasteiger partial charge in [0.25, 0.3) is 10.0 Å². The molecular formula is C30H34FN7O3S.